The Bertz CT molecular complexity index is 5080. The monoisotopic (exact) mass is 1450 g/mol. The summed E-state index contributed by atoms with van der Waals surface area (Å²) >= 11 is 0. The molecule has 1 amide bonds. The zero-order chi connectivity index (χ0) is 72.1. The molecule has 0 saturated heterocycles. The number of nitrogens with zero attached hydrogens (tertiary/aromatic N) is 18. The van der Waals surface area contributed by atoms with Crippen LogP contribution in [0.3, 0.4) is 0 Å². The van der Waals surface area contributed by atoms with E-state index in [1.807, 2.05) is 148 Å². The van der Waals surface area contributed by atoms with Gasteiger partial charge >= 0.3 is 0 Å². The van der Waals surface area contributed by atoms with Crippen LogP contribution in [0.5, 0.6) is 23.0 Å². The molecule has 107 heavy (non-hydrogen) atoms. The van der Waals surface area contributed by atoms with Gasteiger partial charge in [0.1, 0.15) is 34.6 Å². The van der Waals surface area contributed by atoms with E-state index in [0.29, 0.717) is 48.4 Å². The van der Waals surface area contributed by atoms with Crippen LogP contribution in [0.25, 0.3) is 66.9 Å². The lowest BCUT2D eigenvalue weighted by atomic mass is 10.1. The van der Waals surface area contributed by atoms with Crippen LogP contribution in [0.15, 0.2) is 190 Å². The molecule has 6 aromatic carbocycles. The second-order valence-electron chi connectivity index (χ2n) is 24.9. The number of hydrogen-bond acceptors (Lipinski definition) is 20. The summed E-state index contributed by atoms with van der Waals surface area (Å²) in [5, 5.41) is 18.7. The van der Waals surface area contributed by atoms with Gasteiger partial charge in [0.2, 0.25) is 0 Å². The van der Waals surface area contributed by atoms with E-state index in [-0.39, 0.29) is 41.2 Å². The number of hydrogen-bond donors (Lipinski definition) is 2. The number of halogens is 1. The largest absolute Gasteiger partial charge is 0.497 e. The lowest BCUT2D eigenvalue weighted by Crippen LogP contribution is -2.35. The van der Waals surface area contributed by atoms with Crippen molar-refractivity contribution in [2.24, 2.45) is 28.2 Å². The van der Waals surface area contributed by atoms with Crippen LogP contribution in [-0.4, -0.2) is 160 Å². The quantitative estimate of drug-likeness (QED) is 0.0566. The molecule has 560 valence electrons. The number of imidazole rings is 1. The predicted molar refractivity (Wildman–Crippen MR) is 427 cm³/mol. The highest BCUT2D eigenvalue weighted by Crippen LogP contribution is 2.38. The van der Waals surface area contributed by atoms with Gasteiger partial charge < -0.3 is 48.8 Å². The number of aromatic nitrogens is 14. The number of benzene rings is 6. The van der Waals surface area contributed by atoms with Crippen LogP contribution in [0, 0.1) is 5.82 Å². The third-order valence-electron chi connectivity index (χ3n) is 17.4. The Hall–Kier alpha value is -12.2. The number of anilines is 6. The molecule has 1 aliphatic rings. The van der Waals surface area contributed by atoms with E-state index in [9.17, 15) is 9.18 Å². The highest BCUT2D eigenvalue weighted by atomic mass is 19.1. The summed E-state index contributed by atoms with van der Waals surface area (Å²) in [5.74, 6) is 3.02. The Morgan fingerprint density at radius 3 is 1.35 bits per heavy atom. The second kappa shape index (κ2) is 37.0. The minimum atomic E-state index is -0.475. The molecule has 25 nitrogen and oxygen atoms in total. The summed E-state index contributed by atoms with van der Waals surface area (Å²) in [6.45, 7) is 9.72. The topological polar surface area (TPSA) is 240 Å². The van der Waals surface area contributed by atoms with Gasteiger partial charge in [-0.3, -0.25) is 38.7 Å². The standard InChI is InChI=1S/C27H30N6O2.C25H28FN7O.C25H25N7O2.4CH4/c1-31-19-20(17-29-31)27-18-28-25-8-7-21(15-26(25)30-27)33(12-11-32-9-5-4-6-10-32)22-13-23(34-2)16-24(14-22)35-3;1-16(2)28-7-8-33(21-10-17(25(34)27-3)9-19(26)11-21)20-5-6-22-23(12-20)31-24(14-29-22)18-13-30-32(4)15-18;1-30-8-7-26-25(30)16-32(19-9-20(33-3)12-21(10-19)34-4)18-5-6-22-23(11-18)29-24(14-27-22)17-13-28-31(2)15-17;;;;/h4-5,7-8,13-19H,6,9-12H2,1-3H3;5-6,9-16,28H,7-8H2,1-4H3,(H,27,34);5-15H,16H2,1-4H3;4*1H4. The Balaban J connectivity index is 0.000000199. The Kier molecular flexibility index (Phi) is 27.8. The Labute approximate surface area is 626 Å². The highest BCUT2D eigenvalue weighted by molar-refractivity contribution is 5.95. The molecule has 8 heterocycles. The SMILES string of the molecule is C.C.C.C.CNC(=O)c1cc(F)cc(N(CCNC(C)C)c2ccc3ncc(-c4cnn(C)c4)nc3c2)c1.COc1cc(OC)cc(N(CCN2CC=CCC2)c2ccc3ncc(-c4cnn(C)c4)nc3c2)c1.COc1cc(OC)cc(N(Cc2nccn2C)c2ccc3ncc(-c4cnn(C)c4)nc3c2)c1. The maximum absolute atomic E-state index is 14.5. The van der Waals surface area contributed by atoms with Gasteiger partial charge in [0, 0.05) is 204 Å². The van der Waals surface area contributed by atoms with E-state index in [0.717, 1.165) is 140 Å². The molecule has 7 aromatic heterocycles. The van der Waals surface area contributed by atoms with Crippen molar-refractivity contribution in [3.63, 3.8) is 0 Å². The number of nitrogens with one attached hydrogen (secondary N) is 2. The fraction of sp³-hybridized carbons (Fsp3) is 0.296. The molecule has 0 radical (unpaired) electrons. The van der Waals surface area contributed by atoms with E-state index >= 15 is 0 Å². The highest BCUT2D eigenvalue weighted by Gasteiger charge is 2.21. The molecule has 14 rings (SSSR count). The molecule has 2 N–H and O–H groups in total. The maximum Gasteiger partial charge on any atom is 0.251 e. The van der Waals surface area contributed by atoms with Crippen LogP contribution >= 0.6 is 0 Å². The van der Waals surface area contributed by atoms with E-state index in [1.165, 1.54) is 19.2 Å². The predicted octanol–water partition coefficient (Wildman–Crippen LogP) is 14.8. The third kappa shape index (κ3) is 19.8. The fourth-order valence-corrected chi connectivity index (χ4v) is 11.9. The van der Waals surface area contributed by atoms with E-state index < -0.39 is 5.82 Å². The smallest absolute Gasteiger partial charge is 0.251 e. The zero-order valence-electron chi connectivity index (χ0n) is 59.6. The lowest BCUT2D eigenvalue weighted by molar-refractivity contribution is 0.0962. The van der Waals surface area contributed by atoms with Crippen molar-refractivity contribution in [2.75, 3.05) is 89.5 Å². The first kappa shape index (κ1) is 80.5. The minimum Gasteiger partial charge on any atom is -0.497 e. The summed E-state index contributed by atoms with van der Waals surface area (Å²) in [6, 6.07) is 34.5. The van der Waals surface area contributed by atoms with E-state index in [1.54, 1.807) is 85.7 Å². The summed E-state index contributed by atoms with van der Waals surface area (Å²) in [5.41, 5.74) is 15.4. The molecular formula is C81H99FN20O5. The van der Waals surface area contributed by atoms with Gasteiger partial charge in [-0.25, -0.2) is 24.3 Å². The number of ether oxygens (including phenoxy) is 4. The van der Waals surface area contributed by atoms with E-state index in [4.69, 9.17) is 33.9 Å². The average molecular weight is 1450 g/mol. The molecule has 0 unspecified atom stereocenters. The molecule has 0 fully saturated rings. The molecule has 13 aromatic rings. The normalized spacial score (nSPS) is 11.6. The van der Waals surface area contributed by atoms with Crippen molar-refractivity contribution in [3.8, 4) is 56.8 Å². The fourth-order valence-electron chi connectivity index (χ4n) is 11.9. The van der Waals surface area contributed by atoms with Gasteiger partial charge in [0.25, 0.3) is 5.91 Å². The van der Waals surface area contributed by atoms with Gasteiger partial charge in [-0.2, -0.15) is 15.3 Å². The van der Waals surface area contributed by atoms with Crippen LogP contribution in [-0.2, 0) is 34.7 Å². The molecule has 0 aliphatic carbocycles. The lowest BCUT2D eigenvalue weighted by Gasteiger charge is -2.30. The number of amides is 1. The first-order chi connectivity index (χ1) is 50.0. The molecule has 0 atom stereocenters. The van der Waals surface area contributed by atoms with Crippen LogP contribution in [0.4, 0.5) is 38.5 Å². The van der Waals surface area contributed by atoms with Gasteiger partial charge in [-0.15, -0.1) is 0 Å². The van der Waals surface area contributed by atoms with Crippen LogP contribution in [0.2, 0.25) is 0 Å². The van der Waals surface area contributed by atoms with Crippen molar-refractivity contribution >= 4 is 73.1 Å². The molecular weight excluding hydrogens is 1350 g/mol. The van der Waals surface area contributed by atoms with Crippen molar-refractivity contribution in [1.29, 1.82) is 0 Å². The summed E-state index contributed by atoms with van der Waals surface area (Å²) < 4.78 is 43.9. The number of carbonyl (C=O) groups excluding carboxylic acids is 1. The van der Waals surface area contributed by atoms with Crippen molar-refractivity contribution in [2.45, 2.75) is 62.6 Å². The molecule has 26 heteroatoms. The zero-order valence-corrected chi connectivity index (χ0v) is 59.6. The number of aryl methyl sites for hydroxylation is 4. The third-order valence-corrected chi connectivity index (χ3v) is 17.4. The van der Waals surface area contributed by atoms with E-state index in [2.05, 4.69) is 98.7 Å². The first-order valence-electron chi connectivity index (χ1n) is 33.7. The maximum atomic E-state index is 14.5. The van der Waals surface area contributed by atoms with Crippen molar-refractivity contribution in [3.05, 3.63) is 207 Å². The minimum absolute atomic E-state index is 0. The van der Waals surface area contributed by atoms with Crippen molar-refractivity contribution < 1.29 is 28.1 Å². The Morgan fingerprint density at radius 1 is 0.514 bits per heavy atom. The molecule has 1 aliphatic heterocycles. The Morgan fingerprint density at radius 2 is 0.953 bits per heavy atom. The number of carbonyl (C=O) groups is 1. The molecule has 0 bridgehead atoms. The van der Waals surface area contributed by atoms with Crippen LogP contribution in [0.1, 0.15) is 66.2 Å². The van der Waals surface area contributed by atoms with Gasteiger partial charge in [-0.05, 0) is 79.2 Å². The van der Waals surface area contributed by atoms with Crippen molar-refractivity contribution in [1.82, 2.24) is 84.3 Å². The van der Waals surface area contributed by atoms with Gasteiger partial charge in [-0.1, -0.05) is 55.7 Å². The average Bonchev–Trinajstić information content (AvgIpc) is 1.58. The number of methoxy groups -OCH3 is 4. The van der Waals surface area contributed by atoms with Crippen LogP contribution < -0.4 is 44.3 Å². The van der Waals surface area contributed by atoms with Gasteiger partial charge in [0.05, 0.1) is 122 Å². The second-order valence-corrected chi connectivity index (χ2v) is 24.9. The number of fused-ring (bicyclic) bond motifs is 3. The summed E-state index contributed by atoms with van der Waals surface area (Å²) in [6.07, 6.45) is 25.7. The first-order valence-corrected chi connectivity index (χ1v) is 33.7. The molecule has 0 saturated carbocycles. The number of rotatable bonds is 23. The summed E-state index contributed by atoms with van der Waals surface area (Å²) in [7, 11) is 15.8. The van der Waals surface area contributed by atoms with Gasteiger partial charge in [0.15, 0.2) is 0 Å². The molecule has 0 spiro atoms. The summed E-state index contributed by atoms with van der Waals surface area (Å²) in [4.78, 5) is 54.0.